The molecule has 3 rings (SSSR count). The van der Waals surface area contributed by atoms with Crippen molar-refractivity contribution in [1.29, 1.82) is 0 Å². The molecule has 132 valence electrons. The molecule has 0 unspecified atom stereocenters. The van der Waals surface area contributed by atoms with Gasteiger partial charge in [0.2, 0.25) is 5.91 Å². The number of carbonyl (C=O) groups excluding carboxylic acids is 1. The van der Waals surface area contributed by atoms with Crippen molar-refractivity contribution in [2.45, 2.75) is 25.8 Å². The van der Waals surface area contributed by atoms with Crippen molar-refractivity contribution in [2.24, 2.45) is 0 Å². The van der Waals surface area contributed by atoms with Gasteiger partial charge in [0, 0.05) is 25.2 Å². The summed E-state index contributed by atoms with van der Waals surface area (Å²) in [4.78, 5) is 14.6. The SMILES string of the molecule is CCN1CCC(NC(=O)C=Cc2ccc3cc(OC)ccc3c2)CC1. The van der Waals surface area contributed by atoms with E-state index in [1.54, 1.807) is 13.2 Å². The second-order valence-corrected chi connectivity index (χ2v) is 6.52. The number of piperidine rings is 1. The molecule has 1 N–H and O–H groups in total. The number of methoxy groups -OCH3 is 1. The summed E-state index contributed by atoms with van der Waals surface area (Å²) in [6.07, 6.45) is 5.58. The molecular formula is C21H26N2O2. The zero-order chi connectivity index (χ0) is 17.6. The summed E-state index contributed by atoms with van der Waals surface area (Å²) in [5.41, 5.74) is 1.02. The van der Waals surface area contributed by atoms with Crippen molar-refractivity contribution in [3.05, 3.63) is 48.0 Å². The van der Waals surface area contributed by atoms with Crippen molar-refractivity contribution in [3.8, 4) is 5.75 Å². The first-order valence-corrected chi connectivity index (χ1v) is 8.96. The molecule has 0 atom stereocenters. The highest BCUT2D eigenvalue weighted by Gasteiger charge is 2.18. The van der Waals surface area contributed by atoms with E-state index in [-0.39, 0.29) is 5.91 Å². The first-order chi connectivity index (χ1) is 12.2. The second-order valence-electron chi connectivity index (χ2n) is 6.52. The molecule has 1 aliphatic rings. The maximum absolute atomic E-state index is 12.2. The summed E-state index contributed by atoms with van der Waals surface area (Å²) in [6, 6.07) is 12.4. The van der Waals surface area contributed by atoms with Crippen LogP contribution >= 0.6 is 0 Å². The Labute approximate surface area is 149 Å². The van der Waals surface area contributed by atoms with Crippen molar-refractivity contribution in [1.82, 2.24) is 10.2 Å². The highest BCUT2D eigenvalue weighted by atomic mass is 16.5. The lowest BCUT2D eigenvalue weighted by Gasteiger charge is -2.31. The largest absolute Gasteiger partial charge is 0.497 e. The van der Waals surface area contributed by atoms with Crippen LogP contribution in [0.1, 0.15) is 25.3 Å². The van der Waals surface area contributed by atoms with Crippen LogP contribution in [0, 0.1) is 0 Å². The van der Waals surface area contributed by atoms with Gasteiger partial charge in [-0.05, 0) is 60.0 Å². The maximum Gasteiger partial charge on any atom is 0.244 e. The molecular weight excluding hydrogens is 312 g/mol. The van der Waals surface area contributed by atoms with E-state index in [2.05, 4.69) is 29.3 Å². The number of fused-ring (bicyclic) bond motifs is 1. The number of nitrogens with zero attached hydrogens (tertiary/aromatic N) is 1. The first kappa shape index (κ1) is 17.5. The lowest BCUT2D eigenvalue weighted by Crippen LogP contribution is -2.44. The molecule has 4 heteroatoms. The van der Waals surface area contributed by atoms with Crippen LogP contribution in [0.3, 0.4) is 0 Å². The van der Waals surface area contributed by atoms with E-state index in [9.17, 15) is 4.79 Å². The lowest BCUT2D eigenvalue weighted by atomic mass is 10.0. The van der Waals surface area contributed by atoms with Crippen LogP contribution in [0.15, 0.2) is 42.5 Å². The number of carbonyl (C=O) groups is 1. The molecule has 0 bridgehead atoms. The Morgan fingerprint density at radius 2 is 1.92 bits per heavy atom. The Kier molecular flexibility index (Phi) is 5.71. The number of nitrogens with one attached hydrogen (secondary N) is 1. The zero-order valence-electron chi connectivity index (χ0n) is 15.0. The number of likely N-dealkylation sites (tertiary alicyclic amines) is 1. The monoisotopic (exact) mass is 338 g/mol. The van der Waals surface area contributed by atoms with Gasteiger partial charge >= 0.3 is 0 Å². The summed E-state index contributed by atoms with van der Waals surface area (Å²) in [7, 11) is 1.67. The van der Waals surface area contributed by atoms with Crippen LogP contribution in [0.5, 0.6) is 5.75 Å². The summed E-state index contributed by atoms with van der Waals surface area (Å²) < 4.78 is 5.25. The van der Waals surface area contributed by atoms with Crippen molar-refractivity contribution in [3.63, 3.8) is 0 Å². The van der Waals surface area contributed by atoms with E-state index in [1.807, 2.05) is 30.3 Å². The lowest BCUT2D eigenvalue weighted by molar-refractivity contribution is -0.117. The van der Waals surface area contributed by atoms with Crippen LogP contribution in [-0.2, 0) is 4.79 Å². The number of hydrogen-bond acceptors (Lipinski definition) is 3. The van der Waals surface area contributed by atoms with Crippen LogP contribution in [0.4, 0.5) is 0 Å². The average molecular weight is 338 g/mol. The molecule has 1 saturated heterocycles. The predicted molar refractivity (Wildman–Crippen MR) is 103 cm³/mol. The van der Waals surface area contributed by atoms with E-state index < -0.39 is 0 Å². The van der Waals surface area contributed by atoms with Gasteiger partial charge in [-0.3, -0.25) is 4.79 Å². The number of benzene rings is 2. The van der Waals surface area contributed by atoms with E-state index in [4.69, 9.17) is 4.74 Å². The topological polar surface area (TPSA) is 41.6 Å². The van der Waals surface area contributed by atoms with E-state index >= 15 is 0 Å². The quantitative estimate of drug-likeness (QED) is 0.849. The summed E-state index contributed by atoms with van der Waals surface area (Å²) in [5, 5.41) is 5.38. The summed E-state index contributed by atoms with van der Waals surface area (Å²) in [6.45, 7) is 5.41. The fourth-order valence-electron chi connectivity index (χ4n) is 3.29. The van der Waals surface area contributed by atoms with Crippen LogP contribution < -0.4 is 10.1 Å². The molecule has 0 spiro atoms. The van der Waals surface area contributed by atoms with Gasteiger partial charge in [-0.15, -0.1) is 0 Å². The number of ether oxygens (including phenoxy) is 1. The van der Waals surface area contributed by atoms with E-state index in [0.29, 0.717) is 6.04 Å². The van der Waals surface area contributed by atoms with Gasteiger partial charge in [0.1, 0.15) is 5.75 Å². The van der Waals surface area contributed by atoms with Gasteiger partial charge in [0.25, 0.3) is 0 Å². The highest BCUT2D eigenvalue weighted by Crippen LogP contribution is 2.22. The molecule has 1 fully saturated rings. The smallest absolute Gasteiger partial charge is 0.244 e. The molecule has 0 aromatic heterocycles. The molecule has 1 heterocycles. The maximum atomic E-state index is 12.2. The third kappa shape index (κ3) is 4.60. The number of rotatable bonds is 5. The van der Waals surface area contributed by atoms with E-state index in [1.165, 1.54) is 0 Å². The fraction of sp³-hybridized carbons (Fsp3) is 0.381. The van der Waals surface area contributed by atoms with Gasteiger partial charge in [-0.2, -0.15) is 0 Å². The molecule has 4 nitrogen and oxygen atoms in total. The van der Waals surface area contributed by atoms with Crippen LogP contribution in [0.2, 0.25) is 0 Å². The van der Waals surface area contributed by atoms with Crippen molar-refractivity contribution in [2.75, 3.05) is 26.7 Å². The summed E-state index contributed by atoms with van der Waals surface area (Å²) >= 11 is 0. The Morgan fingerprint density at radius 1 is 1.20 bits per heavy atom. The minimum atomic E-state index is -0.00947. The van der Waals surface area contributed by atoms with Gasteiger partial charge in [0.15, 0.2) is 0 Å². The zero-order valence-corrected chi connectivity index (χ0v) is 15.0. The Morgan fingerprint density at radius 3 is 2.64 bits per heavy atom. The Hall–Kier alpha value is -2.33. The average Bonchev–Trinajstić information content (AvgIpc) is 2.66. The van der Waals surface area contributed by atoms with Gasteiger partial charge in [-0.1, -0.05) is 25.1 Å². The standard InChI is InChI=1S/C21H26N2O2/c1-3-23-12-10-19(11-13-23)22-21(24)9-5-16-4-6-18-15-20(25-2)8-7-17(18)14-16/h4-9,14-15,19H,3,10-13H2,1-2H3,(H,22,24). The summed E-state index contributed by atoms with van der Waals surface area (Å²) in [5.74, 6) is 0.842. The van der Waals surface area contributed by atoms with Gasteiger partial charge < -0.3 is 15.0 Å². The highest BCUT2D eigenvalue weighted by molar-refractivity contribution is 5.93. The predicted octanol–water partition coefficient (Wildman–Crippen LogP) is 3.46. The number of amides is 1. The van der Waals surface area contributed by atoms with Crippen molar-refractivity contribution >= 4 is 22.8 Å². The second kappa shape index (κ2) is 8.17. The molecule has 1 aliphatic heterocycles. The Balaban J connectivity index is 1.59. The van der Waals surface area contributed by atoms with Crippen molar-refractivity contribution < 1.29 is 9.53 Å². The van der Waals surface area contributed by atoms with Crippen LogP contribution in [-0.4, -0.2) is 43.6 Å². The third-order valence-corrected chi connectivity index (χ3v) is 4.88. The molecule has 2 aromatic carbocycles. The minimum absolute atomic E-state index is 0.00947. The van der Waals surface area contributed by atoms with Gasteiger partial charge in [-0.25, -0.2) is 0 Å². The molecule has 2 aromatic rings. The minimum Gasteiger partial charge on any atom is -0.497 e. The molecule has 0 radical (unpaired) electrons. The molecule has 0 saturated carbocycles. The Bertz CT molecular complexity index is 762. The number of hydrogen-bond donors (Lipinski definition) is 1. The fourth-order valence-corrected chi connectivity index (χ4v) is 3.29. The molecule has 25 heavy (non-hydrogen) atoms. The van der Waals surface area contributed by atoms with E-state index in [0.717, 1.165) is 54.6 Å². The van der Waals surface area contributed by atoms with Gasteiger partial charge in [0.05, 0.1) is 7.11 Å². The molecule has 0 aliphatic carbocycles. The third-order valence-electron chi connectivity index (χ3n) is 4.88. The normalized spacial score (nSPS) is 16.4. The first-order valence-electron chi connectivity index (χ1n) is 8.96. The van der Waals surface area contributed by atoms with Crippen LogP contribution in [0.25, 0.3) is 16.8 Å². The molecule has 1 amide bonds.